The van der Waals surface area contributed by atoms with E-state index in [1.807, 2.05) is 18.2 Å². The van der Waals surface area contributed by atoms with E-state index in [9.17, 15) is 12.8 Å². The van der Waals surface area contributed by atoms with Crippen LogP contribution in [0.25, 0.3) is 11.1 Å². The van der Waals surface area contributed by atoms with Crippen LogP contribution in [0.4, 0.5) is 4.39 Å². The maximum Gasteiger partial charge on any atom is 0.213 e. The number of hydrogen-bond acceptors (Lipinski definition) is 5. The third-order valence-corrected chi connectivity index (χ3v) is 5.66. The van der Waals surface area contributed by atoms with Crippen molar-refractivity contribution in [3.8, 4) is 28.4 Å². The number of hydrogen-bond donors (Lipinski definition) is 1. The SMILES string of the molecule is COc1cccc(C2Oc3cc(F)cc(OC)c3-c3ccc(CS(N)(=O)=O)cc32)c1. The van der Waals surface area contributed by atoms with Crippen molar-refractivity contribution in [1.82, 2.24) is 0 Å². The molecule has 0 spiro atoms. The Kier molecular flexibility index (Phi) is 5.13. The van der Waals surface area contributed by atoms with Crippen LogP contribution in [-0.4, -0.2) is 22.6 Å². The molecule has 2 N–H and O–H groups in total. The molecule has 0 fully saturated rings. The van der Waals surface area contributed by atoms with E-state index in [4.69, 9.17) is 19.3 Å². The van der Waals surface area contributed by atoms with E-state index in [2.05, 4.69) is 0 Å². The molecular weight excluding hydrogens is 409 g/mol. The fraction of sp³-hybridized carbons (Fsp3) is 0.182. The molecule has 156 valence electrons. The monoisotopic (exact) mass is 429 g/mol. The van der Waals surface area contributed by atoms with Gasteiger partial charge in [0, 0.05) is 23.3 Å². The van der Waals surface area contributed by atoms with E-state index in [-0.39, 0.29) is 5.75 Å². The van der Waals surface area contributed by atoms with Crippen molar-refractivity contribution in [3.05, 3.63) is 77.1 Å². The molecule has 0 amide bonds. The van der Waals surface area contributed by atoms with Crippen LogP contribution in [0.5, 0.6) is 17.2 Å². The van der Waals surface area contributed by atoms with Crippen LogP contribution >= 0.6 is 0 Å². The van der Waals surface area contributed by atoms with Crippen molar-refractivity contribution in [3.63, 3.8) is 0 Å². The summed E-state index contributed by atoms with van der Waals surface area (Å²) in [6.45, 7) is 0. The zero-order valence-corrected chi connectivity index (χ0v) is 17.2. The van der Waals surface area contributed by atoms with Crippen LogP contribution in [-0.2, 0) is 15.8 Å². The second-order valence-corrected chi connectivity index (χ2v) is 8.60. The summed E-state index contributed by atoms with van der Waals surface area (Å²) in [5, 5.41) is 5.23. The van der Waals surface area contributed by atoms with Crippen molar-refractivity contribution in [2.24, 2.45) is 5.14 Å². The molecule has 8 heteroatoms. The van der Waals surface area contributed by atoms with Gasteiger partial charge in [-0.05, 0) is 23.3 Å². The summed E-state index contributed by atoms with van der Waals surface area (Å²) in [6.07, 6.45) is -0.602. The summed E-state index contributed by atoms with van der Waals surface area (Å²) in [6, 6.07) is 15.1. The topological polar surface area (TPSA) is 87.8 Å². The summed E-state index contributed by atoms with van der Waals surface area (Å²) in [5.41, 5.74) is 3.39. The van der Waals surface area contributed by atoms with Gasteiger partial charge in [-0.15, -0.1) is 0 Å². The van der Waals surface area contributed by atoms with Gasteiger partial charge < -0.3 is 14.2 Å². The van der Waals surface area contributed by atoms with Crippen molar-refractivity contribution >= 4 is 10.0 Å². The molecule has 0 saturated heterocycles. The first-order valence-electron chi connectivity index (χ1n) is 9.11. The highest BCUT2D eigenvalue weighted by Crippen LogP contribution is 2.49. The zero-order valence-electron chi connectivity index (χ0n) is 16.4. The van der Waals surface area contributed by atoms with E-state index in [0.29, 0.717) is 28.4 Å². The maximum atomic E-state index is 14.2. The van der Waals surface area contributed by atoms with Gasteiger partial charge in [0.15, 0.2) is 0 Å². The van der Waals surface area contributed by atoms with E-state index in [1.54, 1.807) is 31.4 Å². The number of primary sulfonamides is 1. The molecule has 1 aliphatic heterocycles. The highest BCUT2D eigenvalue weighted by molar-refractivity contribution is 7.88. The first kappa shape index (κ1) is 20.2. The molecule has 1 aliphatic rings. The van der Waals surface area contributed by atoms with Crippen LogP contribution < -0.4 is 19.3 Å². The molecule has 4 rings (SSSR count). The third kappa shape index (κ3) is 3.83. The smallest absolute Gasteiger partial charge is 0.213 e. The van der Waals surface area contributed by atoms with Crippen LogP contribution in [0.15, 0.2) is 54.6 Å². The summed E-state index contributed by atoms with van der Waals surface area (Å²) in [4.78, 5) is 0. The number of nitrogens with two attached hydrogens (primary N) is 1. The van der Waals surface area contributed by atoms with Gasteiger partial charge in [0.25, 0.3) is 0 Å². The van der Waals surface area contributed by atoms with Crippen LogP contribution in [0.3, 0.4) is 0 Å². The van der Waals surface area contributed by atoms with Gasteiger partial charge >= 0.3 is 0 Å². The molecule has 6 nitrogen and oxygen atoms in total. The standard InChI is InChI=1S/C22H20FNO5S/c1-27-16-5-3-4-14(9-16)22-18-8-13(12-30(24,25)26)6-7-17(18)21-19(28-2)10-15(23)11-20(21)29-22/h3-11,22H,12H2,1-2H3,(H2,24,25,26). The summed E-state index contributed by atoms with van der Waals surface area (Å²) >= 11 is 0. The normalized spacial score (nSPS) is 15.0. The van der Waals surface area contributed by atoms with Gasteiger partial charge in [-0.1, -0.05) is 30.3 Å². The minimum atomic E-state index is -3.71. The van der Waals surface area contributed by atoms with Gasteiger partial charge in [0.1, 0.15) is 29.2 Å². The van der Waals surface area contributed by atoms with E-state index >= 15 is 0 Å². The number of fused-ring (bicyclic) bond motifs is 3. The highest BCUT2D eigenvalue weighted by atomic mass is 32.2. The quantitative estimate of drug-likeness (QED) is 0.667. The number of benzene rings is 3. The molecule has 0 radical (unpaired) electrons. The summed E-state index contributed by atoms with van der Waals surface area (Å²) in [5.74, 6) is 0.518. The van der Waals surface area contributed by atoms with Gasteiger partial charge in [-0.2, -0.15) is 0 Å². The lowest BCUT2D eigenvalue weighted by Crippen LogP contribution is -2.18. The minimum Gasteiger partial charge on any atom is -0.497 e. The van der Waals surface area contributed by atoms with Gasteiger partial charge in [-0.25, -0.2) is 17.9 Å². The summed E-state index contributed by atoms with van der Waals surface area (Å²) in [7, 11) is -0.690. The molecule has 0 aliphatic carbocycles. The molecule has 0 bridgehead atoms. The third-order valence-electron chi connectivity index (χ3n) is 4.93. The Morgan fingerprint density at radius 2 is 1.87 bits per heavy atom. The molecule has 1 atom stereocenters. The van der Waals surface area contributed by atoms with Crippen molar-refractivity contribution in [2.45, 2.75) is 11.9 Å². The van der Waals surface area contributed by atoms with E-state index in [1.165, 1.54) is 19.2 Å². The summed E-state index contributed by atoms with van der Waals surface area (Å²) < 4.78 is 54.3. The van der Waals surface area contributed by atoms with Crippen LogP contribution in [0.2, 0.25) is 0 Å². The Bertz CT molecular complexity index is 1230. The number of halogens is 1. The average Bonchev–Trinajstić information content (AvgIpc) is 2.71. The molecule has 1 unspecified atom stereocenters. The Morgan fingerprint density at radius 1 is 1.07 bits per heavy atom. The zero-order chi connectivity index (χ0) is 21.5. The first-order chi connectivity index (χ1) is 14.3. The molecule has 30 heavy (non-hydrogen) atoms. The first-order valence-corrected chi connectivity index (χ1v) is 10.8. The number of sulfonamides is 1. The Balaban J connectivity index is 1.94. The predicted octanol–water partition coefficient (Wildman–Crippen LogP) is 3.78. The average molecular weight is 429 g/mol. The largest absolute Gasteiger partial charge is 0.497 e. The lowest BCUT2D eigenvalue weighted by molar-refractivity contribution is 0.240. The predicted molar refractivity (Wildman–Crippen MR) is 111 cm³/mol. The number of ether oxygens (including phenoxy) is 3. The Morgan fingerprint density at radius 3 is 2.57 bits per heavy atom. The Hall–Kier alpha value is -3.10. The molecule has 3 aromatic carbocycles. The second-order valence-electron chi connectivity index (χ2n) is 6.98. The van der Waals surface area contributed by atoms with E-state index < -0.39 is 21.9 Å². The molecule has 0 saturated carbocycles. The highest BCUT2D eigenvalue weighted by Gasteiger charge is 2.31. The van der Waals surface area contributed by atoms with E-state index in [0.717, 1.165) is 16.7 Å². The number of rotatable bonds is 5. The maximum absolute atomic E-state index is 14.2. The lowest BCUT2D eigenvalue weighted by Gasteiger charge is -2.30. The van der Waals surface area contributed by atoms with Crippen LogP contribution in [0.1, 0.15) is 22.8 Å². The minimum absolute atomic E-state index is 0.307. The van der Waals surface area contributed by atoms with Crippen molar-refractivity contribution in [1.29, 1.82) is 0 Å². The molecule has 0 aromatic heterocycles. The van der Waals surface area contributed by atoms with Crippen LogP contribution in [0, 0.1) is 5.82 Å². The Labute approximate surface area is 174 Å². The molecular formula is C22H20FNO5S. The van der Waals surface area contributed by atoms with Crippen molar-refractivity contribution < 1.29 is 27.0 Å². The molecule has 3 aromatic rings. The van der Waals surface area contributed by atoms with Gasteiger partial charge in [0.05, 0.1) is 25.5 Å². The van der Waals surface area contributed by atoms with Crippen molar-refractivity contribution in [2.75, 3.05) is 14.2 Å². The molecule has 1 heterocycles. The lowest BCUT2D eigenvalue weighted by atomic mass is 9.88. The number of methoxy groups -OCH3 is 2. The second kappa shape index (κ2) is 7.62. The van der Waals surface area contributed by atoms with Gasteiger partial charge in [-0.3, -0.25) is 0 Å². The van der Waals surface area contributed by atoms with Gasteiger partial charge in [0.2, 0.25) is 10.0 Å². The fourth-order valence-electron chi connectivity index (χ4n) is 3.70. The fourth-order valence-corrected chi connectivity index (χ4v) is 4.34.